The normalized spacial score (nSPS) is 17.7. The van der Waals surface area contributed by atoms with E-state index in [-0.39, 0.29) is 5.91 Å². The molecule has 30 heavy (non-hydrogen) atoms. The summed E-state index contributed by atoms with van der Waals surface area (Å²) in [6.07, 6.45) is 4.79. The van der Waals surface area contributed by atoms with Gasteiger partial charge in [0.25, 0.3) is 0 Å². The second-order valence-electron chi connectivity index (χ2n) is 7.87. The molecule has 4 aromatic rings. The SMILES string of the molecule is CNC(=O)C(c1cn2c3c(cccc13)C(O)CC2)C(C=O)c1c[nH]c2ccccc12. The van der Waals surface area contributed by atoms with E-state index in [2.05, 4.69) is 14.9 Å². The zero-order chi connectivity index (χ0) is 20.8. The van der Waals surface area contributed by atoms with Crippen LogP contribution in [-0.2, 0) is 16.1 Å². The van der Waals surface area contributed by atoms with Crippen LogP contribution < -0.4 is 5.32 Å². The number of rotatable bonds is 5. The molecule has 0 spiro atoms. The maximum atomic E-state index is 13.1. The molecule has 5 rings (SSSR count). The van der Waals surface area contributed by atoms with Crippen molar-refractivity contribution in [3.63, 3.8) is 0 Å². The van der Waals surface area contributed by atoms with E-state index < -0.39 is 17.9 Å². The first-order valence-corrected chi connectivity index (χ1v) is 10.2. The topological polar surface area (TPSA) is 87.1 Å². The van der Waals surface area contributed by atoms with Crippen LogP contribution in [0.3, 0.4) is 0 Å². The molecule has 3 N–H and O–H groups in total. The lowest BCUT2D eigenvalue weighted by Crippen LogP contribution is -2.30. The minimum Gasteiger partial charge on any atom is -0.388 e. The Labute approximate surface area is 173 Å². The number of benzene rings is 2. The van der Waals surface area contributed by atoms with Crippen LogP contribution in [0.1, 0.15) is 41.1 Å². The number of hydrogen-bond donors (Lipinski definition) is 3. The molecule has 6 nitrogen and oxygen atoms in total. The molecule has 6 heteroatoms. The highest BCUT2D eigenvalue weighted by atomic mass is 16.3. The van der Waals surface area contributed by atoms with Crippen LogP contribution in [0.5, 0.6) is 0 Å². The van der Waals surface area contributed by atoms with Gasteiger partial charge in [0.15, 0.2) is 0 Å². The zero-order valence-electron chi connectivity index (χ0n) is 16.6. The fraction of sp³-hybridized carbons (Fsp3) is 0.250. The monoisotopic (exact) mass is 401 g/mol. The number of aromatic nitrogens is 2. The van der Waals surface area contributed by atoms with E-state index >= 15 is 0 Å². The van der Waals surface area contributed by atoms with Gasteiger partial charge < -0.3 is 24.8 Å². The smallest absolute Gasteiger partial charge is 0.228 e. The summed E-state index contributed by atoms with van der Waals surface area (Å²) < 4.78 is 2.10. The molecule has 1 amide bonds. The molecule has 0 bridgehead atoms. The molecule has 3 heterocycles. The Bertz CT molecular complexity index is 1270. The second kappa shape index (κ2) is 7.15. The Morgan fingerprint density at radius 3 is 2.80 bits per heavy atom. The van der Waals surface area contributed by atoms with Gasteiger partial charge in [-0.25, -0.2) is 0 Å². The number of H-pyrrole nitrogens is 1. The standard InChI is InChI=1S/C24H23N3O3/c1-25-24(30)22(19(13-28)17-11-26-20-8-3-2-5-14(17)20)18-12-27-10-9-21(29)16-7-4-6-15(18)23(16)27/h2-8,11-13,19,21-22,26,29H,9-10H2,1H3,(H,25,30). The first kappa shape index (κ1) is 18.6. The Morgan fingerprint density at radius 2 is 2.00 bits per heavy atom. The number of carbonyl (C=O) groups excluding carboxylic acids is 2. The van der Waals surface area contributed by atoms with Gasteiger partial charge in [-0.05, 0) is 23.6 Å². The second-order valence-corrected chi connectivity index (χ2v) is 7.87. The number of amides is 1. The van der Waals surface area contributed by atoms with Gasteiger partial charge >= 0.3 is 0 Å². The predicted molar refractivity (Wildman–Crippen MR) is 115 cm³/mol. The average Bonchev–Trinajstić information content (AvgIpc) is 3.37. The summed E-state index contributed by atoms with van der Waals surface area (Å²) in [6, 6.07) is 13.6. The van der Waals surface area contributed by atoms with E-state index in [1.54, 1.807) is 7.05 Å². The number of aldehydes is 1. The highest BCUT2D eigenvalue weighted by molar-refractivity contribution is 5.98. The lowest BCUT2D eigenvalue weighted by molar-refractivity contribution is -0.124. The summed E-state index contributed by atoms with van der Waals surface area (Å²) in [6.45, 7) is 0.675. The number of hydrogen-bond acceptors (Lipinski definition) is 3. The molecule has 152 valence electrons. The first-order valence-electron chi connectivity index (χ1n) is 10.2. The van der Waals surface area contributed by atoms with Gasteiger partial charge in [-0.15, -0.1) is 0 Å². The van der Waals surface area contributed by atoms with Crippen molar-refractivity contribution >= 4 is 34.0 Å². The van der Waals surface area contributed by atoms with E-state index in [4.69, 9.17) is 0 Å². The van der Waals surface area contributed by atoms with Crippen molar-refractivity contribution in [2.75, 3.05) is 7.05 Å². The molecule has 0 radical (unpaired) electrons. The van der Waals surface area contributed by atoms with Crippen molar-refractivity contribution in [3.8, 4) is 0 Å². The van der Waals surface area contributed by atoms with Crippen LogP contribution in [-0.4, -0.2) is 33.9 Å². The van der Waals surface area contributed by atoms with Crippen molar-refractivity contribution in [2.24, 2.45) is 0 Å². The quantitative estimate of drug-likeness (QED) is 0.448. The van der Waals surface area contributed by atoms with Gasteiger partial charge in [0.05, 0.1) is 23.5 Å². The molecule has 0 saturated heterocycles. The minimum absolute atomic E-state index is 0.207. The van der Waals surface area contributed by atoms with Crippen molar-refractivity contribution in [2.45, 2.75) is 30.9 Å². The van der Waals surface area contributed by atoms with Gasteiger partial charge in [0.1, 0.15) is 6.29 Å². The van der Waals surface area contributed by atoms with Crippen molar-refractivity contribution in [3.05, 3.63) is 71.5 Å². The van der Waals surface area contributed by atoms with Crippen LogP contribution in [0.4, 0.5) is 0 Å². The zero-order valence-corrected chi connectivity index (χ0v) is 16.6. The molecule has 2 aromatic heterocycles. The summed E-state index contributed by atoms with van der Waals surface area (Å²) in [5.41, 5.74) is 4.36. The Hall–Kier alpha value is -3.38. The predicted octanol–water partition coefficient (Wildman–Crippen LogP) is 3.37. The van der Waals surface area contributed by atoms with Crippen molar-refractivity contribution < 1.29 is 14.7 Å². The Kier molecular flexibility index (Phi) is 4.44. The third-order valence-corrected chi connectivity index (χ3v) is 6.31. The van der Waals surface area contributed by atoms with Gasteiger partial charge in [0, 0.05) is 47.8 Å². The van der Waals surface area contributed by atoms with Gasteiger partial charge in [-0.1, -0.05) is 36.4 Å². The summed E-state index contributed by atoms with van der Waals surface area (Å²) in [4.78, 5) is 28.7. The lowest BCUT2D eigenvalue weighted by Gasteiger charge is -2.21. The lowest BCUT2D eigenvalue weighted by atomic mass is 9.81. The molecule has 3 unspecified atom stereocenters. The van der Waals surface area contributed by atoms with E-state index in [1.165, 1.54) is 0 Å². The van der Waals surface area contributed by atoms with E-state index in [1.807, 2.05) is 54.9 Å². The maximum Gasteiger partial charge on any atom is 0.228 e. The van der Waals surface area contributed by atoms with Crippen LogP contribution in [0.2, 0.25) is 0 Å². The number of aliphatic hydroxyl groups is 1. The molecule has 0 saturated carbocycles. The van der Waals surface area contributed by atoms with Crippen LogP contribution in [0, 0.1) is 0 Å². The molecule has 2 aromatic carbocycles. The first-order chi connectivity index (χ1) is 14.6. The maximum absolute atomic E-state index is 13.1. The van der Waals surface area contributed by atoms with E-state index in [0.29, 0.717) is 13.0 Å². The van der Waals surface area contributed by atoms with Crippen molar-refractivity contribution in [1.82, 2.24) is 14.9 Å². The van der Waals surface area contributed by atoms with Crippen LogP contribution >= 0.6 is 0 Å². The van der Waals surface area contributed by atoms with Gasteiger partial charge in [-0.2, -0.15) is 0 Å². The summed E-state index contributed by atoms with van der Waals surface area (Å²) in [5, 5.41) is 15.0. The number of nitrogens with zero attached hydrogens (tertiary/aromatic N) is 1. The van der Waals surface area contributed by atoms with E-state index in [9.17, 15) is 14.7 Å². The number of nitrogens with one attached hydrogen (secondary N) is 2. The molecule has 3 atom stereocenters. The van der Waals surface area contributed by atoms with Crippen LogP contribution in [0.15, 0.2) is 54.9 Å². The Balaban J connectivity index is 1.73. The highest BCUT2D eigenvalue weighted by Gasteiger charge is 2.35. The van der Waals surface area contributed by atoms with Crippen molar-refractivity contribution in [1.29, 1.82) is 0 Å². The van der Waals surface area contributed by atoms with Gasteiger partial charge in [0.2, 0.25) is 5.91 Å². The van der Waals surface area contributed by atoms with E-state index in [0.717, 1.165) is 44.8 Å². The number of aryl methyl sites for hydroxylation is 1. The van der Waals surface area contributed by atoms with Crippen LogP contribution in [0.25, 0.3) is 21.8 Å². The average molecular weight is 401 g/mol. The summed E-state index contributed by atoms with van der Waals surface area (Å²) in [7, 11) is 1.60. The summed E-state index contributed by atoms with van der Waals surface area (Å²) in [5.74, 6) is -1.53. The molecule has 0 aliphatic carbocycles. The number of aromatic amines is 1. The number of para-hydroxylation sites is 2. The minimum atomic E-state index is -0.680. The molecule has 0 fully saturated rings. The molecular weight excluding hydrogens is 378 g/mol. The highest BCUT2D eigenvalue weighted by Crippen LogP contribution is 2.42. The third kappa shape index (κ3) is 2.68. The molecule has 1 aliphatic rings. The summed E-state index contributed by atoms with van der Waals surface area (Å²) >= 11 is 0. The number of carbonyl (C=O) groups is 2. The molecule has 1 aliphatic heterocycles. The van der Waals surface area contributed by atoms with Gasteiger partial charge in [-0.3, -0.25) is 4.79 Å². The fourth-order valence-corrected chi connectivity index (χ4v) is 4.88. The molecular formula is C24H23N3O3. The Morgan fingerprint density at radius 1 is 1.20 bits per heavy atom. The number of aliphatic hydroxyl groups excluding tert-OH is 1. The number of fused-ring (bicyclic) bond motifs is 1. The third-order valence-electron chi connectivity index (χ3n) is 6.31. The fourth-order valence-electron chi connectivity index (χ4n) is 4.88. The number of likely N-dealkylation sites (N-methyl/N-ethyl adjacent to an activating group) is 1. The largest absolute Gasteiger partial charge is 0.388 e.